The molecule has 2 fully saturated rings. The Hall–Kier alpha value is -0.120. The highest BCUT2D eigenvalue weighted by Gasteiger charge is 2.36. The Kier molecular flexibility index (Phi) is 4.83. The molecule has 2 aliphatic heterocycles. The average molecular weight is 240 g/mol. The van der Waals surface area contributed by atoms with Crippen molar-refractivity contribution in [2.45, 2.75) is 33.1 Å². The summed E-state index contributed by atoms with van der Waals surface area (Å²) in [6, 6.07) is 0. The number of hydrogen-bond donors (Lipinski definition) is 1. The summed E-state index contributed by atoms with van der Waals surface area (Å²) in [6.07, 6.45) is 3.97. The average Bonchev–Trinajstić information content (AvgIpc) is 2.79. The van der Waals surface area contributed by atoms with Crippen LogP contribution in [0.3, 0.4) is 0 Å². The lowest BCUT2D eigenvalue weighted by Gasteiger charge is -2.37. The number of rotatable bonds is 5. The molecule has 3 nitrogen and oxygen atoms in total. The maximum atomic E-state index is 5.65. The largest absolute Gasteiger partial charge is 0.381 e. The van der Waals surface area contributed by atoms with Crippen LogP contribution < -0.4 is 5.32 Å². The Morgan fingerprint density at radius 3 is 2.71 bits per heavy atom. The lowest BCUT2D eigenvalue weighted by atomic mass is 9.85. The molecule has 2 saturated heterocycles. The van der Waals surface area contributed by atoms with Gasteiger partial charge in [0, 0.05) is 25.1 Å². The number of likely N-dealkylation sites (tertiary alicyclic amines) is 1. The Morgan fingerprint density at radius 1 is 1.35 bits per heavy atom. The molecule has 0 aromatic heterocycles. The van der Waals surface area contributed by atoms with Crippen LogP contribution in [0.5, 0.6) is 0 Å². The number of nitrogens with zero attached hydrogens (tertiary/aromatic N) is 1. The smallest absolute Gasteiger partial charge is 0.0547 e. The standard InChI is InChI=1S/C14H28N2O/c1-3-15-10-14(6-9-17-12-14)11-16-7-4-13(2)5-8-16/h13,15H,3-12H2,1-2H3. The van der Waals surface area contributed by atoms with Gasteiger partial charge in [0.2, 0.25) is 0 Å². The molecule has 0 aromatic rings. The van der Waals surface area contributed by atoms with Gasteiger partial charge in [-0.3, -0.25) is 0 Å². The minimum Gasteiger partial charge on any atom is -0.381 e. The molecular formula is C14H28N2O. The summed E-state index contributed by atoms with van der Waals surface area (Å²) in [5.41, 5.74) is 0.386. The summed E-state index contributed by atoms with van der Waals surface area (Å²) in [5.74, 6) is 0.927. The normalized spacial score (nSPS) is 32.1. The highest BCUT2D eigenvalue weighted by atomic mass is 16.5. The first kappa shape index (κ1) is 13.3. The number of ether oxygens (including phenoxy) is 1. The fourth-order valence-corrected chi connectivity index (χ4v) is 3.05. The van der Waals surface area contributed by atoms with Crippen LogP contribution in [-0.4, -0.2) is 50.8 Å². The summed E-state index contributed by atoms with van der Waals surface area (Å²) in [6.45, 7) is 12.5. The molecule has 2 rings (SSSR count). The van der Waals surface area contributed by atoms with Crippen molar-refractivity contribution in [3.8, 4) is 0 Å². The zero-order valence-electron chi connectivity index (χ0n) is 11.5. The fourth-order valence-electron chi connectivity index (χ4n) is 3.05. The van der Waals surface area contributed by atoms with Crippen molar-refractivity contribution >= 4 is 0 Å². The molecule has 17 heavy (non-hydrogen) atoms. The van der Waals surface area contributed by atoms with E-state index in [0.717, 1.165) is 32.2 Å². The van der Waals surface area contributed by atoms with Crippen LogP contribution in [0.15, 0.2) is 0 Å². The molecule has 1 unspecified atom stereocenters. The topological polar surface area (TPSA) is 24.5 Å². The first-order chi connectivity index (χ1) is 8.24. The van der Waals surface area contributed by atoms with Gasteiger partial charge in [0.25, 0.3) is 0 Å². The monoisotopic (exact) mass is 240 g/mol. The van der Waals surface area contributed by atoms with Crippen molar-refractivity contribution in [3.05, 3.63) is 0 Å². The van der Waals surface area contributed by atoms with Gasteiger partial charge in [-0.2, -0.15) is 0 Å². The van der Waals surface area contributed by atoms with Crippen LogP contribution >= 0.6 is 0 Å². The third kappa shape index (κ3) is 3.67. The van der Waals surface area contributed by atoms with E-state index in [9.17, 15) is 0 Å². The maximum absolute atomic E-state index is 5.65. The first-order valence-electron chi connectivity index (χ1n) is 7.25. The summed E-state index contributed by atoms with van der Waals surface area (Å²) in [5, 5.41) is 3.52. The molecule has 2 heterocycles. The van der Waals surface area contributed by atoms with E-state index in [1.54, 1.807) is 0 Å². The summed E-state index contributed by atoms with van der Waals surface area (Å²) in [7, 11) is 0. The van der Waals surface area contributed by atoms with E-state index in [2.05, 4.69) is 24.1 Å². The van der Waals surface area contributed by atoms with Crippen molar-refractivity contribution in [3.63, 3.8) is 0 Å². The van der Waals surface area contributed by atoms with Crippen molar-refractivity contribution in [1.82, 2.24) is 10.2 Å². The lowest BCUT2D eigenvalue weighted by molar-refractivity contribution is 0.0896. The molecule has 0 spiro atoms. The van der Waals surface area contributed by atoms with Gasteiger partial charge in [0.1, 0.15) is 0 Å². The quantitative estimate of drug-likeness (QED) is 0.792. The van der Waals surface area contributed by atoms with Crippen LogP contribution in [0.2, 0.25) is 0 Å². The Balaban J connectivity index is 1.84. The molecule has 0 saturated carbocycles. The van der Waals surface area contributed by atoms with E-state index >= 15 is 0 Å². The van der Waals surface area contributed by atoms with Gasteiger partial charge in [-0.25, -0.2) is 0 Å². The van der Waals surface area contributed by atoms with Gasteiger partial charge >= 0.3 is 0 Å². The van der Waals surface area contributed by atoms with Crippen molar-refractivity contribution in [2.24, 2.45) is 11.3 Å². The van der Waals surface area contributed by atoms with Crippen LogP contribution in [0, 0.1) is 11.3 Å². The highest BCUT2D eigenvalue weighted by molar-refractivity contribution is 4.89. The van der Waals surface area contributed by atoms with E-state index in [1.807, 2.05) is 0 Å². The van der Waals surface area contributed by atoms with Crippen molar-refractivity contribution in [1.29, 1.82) is 0 Å². The van der Waals surface area contributed by atoms with Gasteiger partial charge in [-0.1, -0.05) is 13.8 Å². The predicted octanol–water partition coefficient (Wildman–Crippen LogP) is 1.73. The lowest BCUT2D eigenvalue weighted by Crippen LogP contribution is -2.47. The summed E-state index contributed by atoms with van der Waals surface area (Å²) in [4.78, 5) is 2.66. The van der Waals surface area contributed by atoms with Gasteiger partial charge in [-0.05, 0) is 44.8 Å². The Labute approximate surface area is 106 Å². The third-order valence-electron chi connectivity index (χ3n) is 4.37. The SMILES string of the molecule is CCNCC1(CN2CCC(C)CC2)CCOC1. The van der Waals surface area contributed by atoms with Gasteiger partial charge in [0.15, 0.2) is 0 Å². The summed E-state index contributed by atoms with van der Waals surface area (Å²) >= 11 is 0. The van der Waals surface area contributed by atoms with Crippen LogP contribution in [0.25, 0.3) is 0 Å². The van der Waals surface area contributed by atoms with E-state index in [-0.39, 0.29) is 0 Å². The van der Waals surface area contributed by atoms with Gasteiger partial charge < -0.3 is 15.0 Å². The van der Waals surface area contributed by atoms with Crippen LogP contribution in [0.4, 0.5) is 0 Å². The first-order valence-corrected chi connectivity index (χ1v) is 7.25. The second kappa shape index (κ2) is 6.17. The molecule has 2 aliphatic rings. The van der Waals surface area contributed by atoms with Crippen molar-refractivity contribution in [2.75, 3.05) is 45.9 Å². The van der Waals surface area contributed by atoms with Crippen molar-refractivity contribution < 1.29 is 4.74 Å². The minimum atomic E-state index is 0.386. The molecule has 0 amide bonds. The number of piperidine rings is 1. The molecule has 1 N–H and O–H groups in total. The minimum absolute atomic E-state index is 0.386. The maximum Gasteiger partial charge on any atom is 0.0547 e. The zero-order chi connectivity index (χ0) is 12.1. The second-order valence-corrected chi connectivity index (χ2v) is 6.04. The molecule has 100 valence electrons. The predicted molar refractivity (Wildman–Crippen MR) is 71.3 cm³/mol. The Morgan fingerprint density at radius 2 is 2.12 bits per heavy atom. The van der Waals surface area contributed by atoms with Gasteiger partial charge in [0.05, 0.1) is 6.61 Å². The van der Waals surface area contributed by atoms with Gasteiger partial charge in [-0.15, -0.1) is 0 Å². The molecule has 0 radical (unpaired) electrons. The Bertz CT molecular complexity index is 218. The van der Waals surface area contributed by atoms with E-state index < -0.39 is 0 Å². The van der Waals surface area contributed by atoms with Crippen LogP contribution in [0.1, 0.15) is 33.1 Å². The molecule has 0 aliphatic carbocycles. The highest BCUT2D eigenvalue weighted by Crippen LogP contribution is 2.30. The van der Waals surface area contributed by atoms with Crippen LogP contribution in [-0.2, 0) is 4.74 Å². The third-order valence-corrected chi connectivity index (χ3v) is 4.37. The van der Waals surface area contributed by atoms with E-state index in [0.29, 0.717) is 5.41 Å². The number of hydrogen-bond acceptors (Lipinski definition) is 3. The molecule has 0 bridgehead atoms. The molecule has 3 heteroatoms. The molecule has 0 aromatic carbocycles. The molecular weight excluding hydrogens is 212 g/mol. The second-order valence-electron chi connectivity index (χ2n) is 6.04. The van der Waals surface area contributed by atoms with E-state index in [4.69, 9.17) is 4.74 Å². The zero-order valence-corrected chi connectivity index (χ0v) is 11.5. The summed E-state index contributed by atoms with van der Waals surface area (Å²) < 4.78 is 5.65. The van der Waals surface area contributed by atoms with E-state index in [1.165, 1.54) is 38.9 Å². The fraction of sp³-hybridized carbons (Fsp3) is 1.00. The number of nitrogens with one attached hydrogen (secondary N) is 1. The molecule has 1 atom stereocenters.